The normalized spacial score (nSPS) is 19.6. The second kappa shape index (κ2) is 9.53. The molecule has 9 nitrogen and oxygen atoms in total. The highest BCUT2D eigenvalue weighted by atomic mass is 32.2. The maximum Gasteiger partial charge on any atom is 0.236 e. The molecule has 0 radical (unpaired) electrons. The number of aromatic nitrogens is 2. The van der Waals surface area contributed by atoms with E-state index in [1.54, 1.807) is 4.90 Å². The van der Waals surface area contributed by atoms with Gasteiger partial charge in [0.15, 0.2) is 5.82 Å². The Kier molecular flexibility index (Phi) is 7.28. The van der Waals surface area contributed by atoms with Crippen molar-refractivity contribution in [2.24, 2.45) is 0 Å². The number of hydrogen-bond donors (Lipinski definition) is 0. The third-order valence-corrected chi connectivity index (χ3v) is 6.97. The molecule has 10 heteroatoms. The fourth-order valence-electron chi connectivity index (χ4n) is 3.86. The Bertz CT molecular complexity index is 780. The van der Waals surface area contributed by atoms with Gasteiger partial charge in [-0.25, -0.2) is 8.42 Å². The van der Waals surface area contributed by atoms with Crippen molar-refractivity contribution in [1.29, 1.82) is 0 Å². The number of amides is 1. The molecule has 2 aliphatic rings. The summed E-state index contributed by atoms with van der Waals surface area (Å²) in [5.74, 6) is 1.30. The van der Waals surface area contributed by atoms with E-state index in [1.807, 2.05) is 13.8 Å². The number of hydrogen-bond acceptors (Lipinski definition) is 7. The van der Waals surface area contributed by atoms with Crippen molar-refractivity contribution in [3.63, 3.8) is 0 Å². The van der Waals surface area contributed by atoms with Crippen molar-refractivity contribution in [2.45, 2.75) is 57.9 Å². The molecule has 1 aromatic heterocycles. The van der Waals surface area contributed by atoms with Gasteiger partial charge in [0, 0.05) is 32.0 Å². The average molecular weight is 428 g/mol. The summed E-state index contributed by atoms with van der Waals surface area (Å²) < 4.78 is 31.2. The molecular formula is C19H33N5O4S. The lowest BCUT2D eigenvalue weighted by Gasteiger charge is -2.44. The molecule has 1 aromatic rings. The minimum absolute atomic E-state index is 0.0938. The maximum atomic E-state index is 12.6. The lowest BCUT2D eigenvalue weighted by atomic mass is 10.1. The molecule has 0 saturated carbocycles. The van der Waals surface area contributed by atoms with Crippen molar-refractivity contribution < 1.29 is 17.7 Å². The average Bonchev–Trinajstić information content (AvgIpc) is 2.93. The molecule has 0 bridgehead atoms. The second-order valence-electron chi connectivity index (χ2n) is 8.47. The van der Waals surface area contributed by atoms with Crippen LogP contribution >= 0.6 is 0 Å². The zero-order valence-corrected chi connectivity index (χ0v) is 18.5. The van der Waals surface area contributed by atoms with Crippen molar-refractivity contribution >= 4 is 15.9 Å². The molecule has 0 aliphatic carbocycles. The molecule has 0 unspecified atom stereocenters. The van der Waals surface area contributed by atoms with E-state index in [0.717, 1.165) is 25.9 Å². The van der Waals surface area contributed by atoms with Gasteiger partial charge in [0.25, 0.3) is 0 Å². The summed E-state index contributed by atoms with van der Waals surface area (Å²) in [5.41, 5.74) is 0. The van der Waals surface area contributed by atoms with Crippen LogP contribution in [0.4, 0.5) is 0 Å². The molecule has 164 valence electrons. The fourth-order valence-corrected chi connectivity index (χ4v) is 4.96. The van der Waals surface area contributed by atoms with E-state index in [-0.39, 0.29) is 24.4 Å². The molecule has 0 atom stereocenters. The molecule has 3 heterocycles. The van der Waals surface area contributed by atoms with Gasteiger partial charge in [-0.1, -0.05) is 31.8 Å². The minimum Gasteiger partial charge on any atom is -0.339 e. The number of sulfonamides is 1. The van der Waals surface area contributed by atoms with Crippen molar-refractivity contribution in [3.8, 4) is 0 Å². The van der Waals surface area contributed by atoms with Gasteiger partial charge < -0.3 is 9.42 Å². The highest BCUT2D eigenvalue weighted by Gasteiger charge is 2.39. The molecule has 1 amide bonds. The smallest absolute Gasteiger partial charge is 0.236 e. The van der Waals surface area contributed by atoms with Crippen LogP contribution in [0.5, 0.6) is 0 Å². The van der Waals surface area contributed by atoms with E-state index in [4.69, 9.17) is 4.52 Å². The SMILES string of the molecule is CC(C)c1nc(CCN(C2CN(C(=O)CN3CCCCCC3)C2)S(C)(=O)=O)no1. The Morgan fingerprint density at radius 1 is 1.21 bits per heavy atom. The molecular weight excluding hydrogens is 394 g/mol. The minimum atomic E-state index is -3.39. The van der Waals surface area contributed by atoms with Gasteiger partial charge in [-0.2, -0.15) is 9.29 Å². The van der Waals surface area contributed by atoms with E-state index >= 15 is 0 Å². The Morgan fingerprint density at radius 2 is 1.86 bits per heavy atom. The van der Waals surface area contributed by atoms with Gasteiger partial charge in [0.05, 0.1) is 18.8 Å². The summed E-state index contributed by atoms with van der Waals surface area (Å²) in [6.07, 6.45) is 6.36. The monoisotopic (exact) mass is 427 g/mol. The van der Waals surface area contributed by atoms with Gasteiger partial charge in [0.1, 0.15) is 0 Å². The molecule has 0 aromatic carbocycles. The van der Waals surface area contributed by atoms with Gasteiger partial charge in [-0.3, -0.25) is 9.69 Å². The van der Waals surface area contributed by atoms with Crippen LogP contribution in [0.2, 0.25) is 0 Å². The number of likely N-dealkylation sites (tertiary alicyclic amines) is 2. The van der Waals surface area contributed by atoms with Crippen LogP contribution in [-0.4, -0.2) is 90.1 Å². The zero-order valence-electron chi connectivity index (χ0n) is 17.7. The Labute approximate surface area is 173 Å². The van der Waals surface area contributed by atoms with Crippen LogP contribution in [0, 0.1) is 0 Å². The van der Waals surface area contributed by atoms with Crippen LogP contribution < -0.4 is 0 Å². The van der Waals surface area contributed by atoms with Gasteiger partial charge in [-0.05, 0) is 25.9 Å². The van der Waals surface area contributed by atoms with E-state index in [2.05, 4.69) is 15.0 Å². The predicted molar refractivity (Wildman–Crippen MR) is 109 cm³/mol. The molecule has 2 saturated heterocycles. The molecule has 2 aliphatic heterocycles. The Morgan fingerprint density at radius 3 is 2.41 bits per heavy atom. The van der Waals surface area contributed by atoms with E-state index in [1.165, 1.54) is 23.4 Å². The summed E-state index contributed by atoms with van der Waals surface area (Å²) in [6, 6.07) is -0.186. The first-order chi connectivity index (χ1) is 13.7. The Balaban J connectivity index is 1.51. The first-order valence-electron chi connectivity index (χ1n) is 10.5. The van der Waals surface area contributed by atoms with Gasteiger partial charge in [0.2, 0.25) is 21.8 Å². The lowest BCUT2D eigenvalue weighted by Crippen LogP contribution is -2.63. The summed E-state index contributed by atoms with van der Waals surface area (Å²) in [7, 11) is -3.39. The van der Waals surface area contributed by atoms with Crippen molar-refractivity contribution in [1.82, 2.24) is 24.2 Å². The highest BCUT2D eigenvalue weighted by molar-refractivity contribution is 7.88. The number of nitrogens with zero attached hydrogens (tertiary/aromatic N) is 5. The van der Waals surface area contributed by atoms with E-state index in [0.29, 0.717) is 37.8 Å². The van der Waals surface area contributed by atoms with Crippen LogP contribution in [0.3, 0.4) is 0 Å². The van der Waals surface area contributed by atoms with Crippen molar-refractivity contribution in [3.05, 3.63) is 11.7 Å². The number of carbonyl (C=O) groups excluding carboxylic acids is 1. The molecule has 0 N–H and O–H groups in total. The standard InChI is InChI=1S/C19H33N5O4S/c1-15(2)19-20-17(21-28-19)8-11-24(29(3,26)27)16-12-23(13-16)18(25)14-22-9-6-4-5-7-10-22/h15-16H,4-14H2,1-3H3. The fraction of sp³-hybridized carbons (Fsp3) is 0.842. The van der Waals surface area contributed by atoms with E-state index < -0.39 is 10.0 Å². The first-order valence-corrected chi connectivity index (χ1v) is 12.4. The number of rotatable bonds is 8. The first kappa shape index (κ1) is 22.2. The molecule has 29 heavy (non-hydrogen) atoms. The summed E-state index contributed by atoms with van der Waals surface area (Å²) >= 11 is 0. The quantitative estimate of drug-likeness (QED) is 0.612. The molecule has 3 rings (SSSR count). The Hall–Kier alpha value is -1.52. The molecule has 0 spiro atoms. The summed E-state index contributed by atoms with van der Waals surface area (Å²) in [5, 5.41) is 3.93. The van der Waals surface area contributed by atoms with Crippen LogP contribution in [-0.2, 0) is 21.2 Å². The topological polar surface area (TPSA) is 99.9 Å². The second-order valence-corrected chi connectivity index (χ2v) is 10.4. The summed E-state index contributed by atoms with van der Waals surface area (Å²) in [6.45, 7) is 7.49. The zero-order chi connectivity index (χ0) is 21.0. The molecule has 2 fully saturated rings. The lowest BCUT2D eigenvalue weighted by molar-refractivity contribution is -0.138. The van der Waals surface area contributed by atoms with Crippen LogP contribution in [0.1, 0.15) is 57.2 Å². The predicted octanol–water partition coefficient (Wildman–Crippen LogP) is 1.08. The van der Waals surface area contributed by atoms with Crippen molar-refractivity contribution in [2.75, 3.05) is 45.5 Å². The van der Waals surface area contributed by atoms with E-state index in [9.17, 15) is 13.2 Å². The third kappa shape index (κ3) is 5.99. The number of carbonyl (C=O) groups is 1. The van der Waals surface area contributed by atoms with Crippen LogP contribution in [0.15, 0.2) is 4.52 Å². The van der Waals surface area contributed by atoms with Gasteiger partial charge in [-0.15, -0.1) is 0 Å². The summed E-state index contributed by atoms with van der Waals surface area (Å²) in [4.78, 5) is 20.9. The highest BCUT2D eigenvalue weighted by Crippen LogP contribution is 2.20. The van der Waals surface area contributed by atoms with Gasteiger partial charge >= 0.3 is 0 Å². The van der Waals surface area contributed by atoms with Crippen LogP contribution in [0.25, 0.3) is 0 Å². The maximum absolute atomic E-state index is 12.6. The third-order valence-electron chi connectivity index (χ3n) is 5.64. The largest absolute Gasteiger partial charge is 0.339 e.